The van der Waals surface area contributed by atoms with Gasteiger partial charge in [0.05, 0.1) is 49.9 Å². The van der Waals surface area contributed by atoms with E-state index >= 15 is 0 Å². The SMILES string of the molecule is CCOC(=O)n1c(=O)n(C2CC[N+]3(CC)OC3(c3ccc(OC)c(OC)c3)C2)c2ccccc21. The largest absolute Gasteiger partial charge is 0.493 e. The summed E-state index contributed by atoms with van der Waals surface area (Å²) < 4.78 is 19.5. The Kier molecular flexibility index (Phi) is 5.41. The minimum Gasteiger partial charge on any atom is -0.493 e. The van der Waals surface area contributed by atoms with Crippen LogP contribution in [0, 0.1) is 0 Å². The monoisotopic (exact) mass is 468 g/mol. The van der Waals surface area contributed by atoms with Crippen molar-refractivity contribution < 1.29 is 28.5 Å². The molecule has 0 aliphatic carbocycles. The molecule has 3 unspecified atom stereocenters. The Morgan fingerprint density at radius 1 is 1.12 bits per heavy atom. The predicted molar refractivity (Wildman–Crippen MR) is 125 cm³/mol. The van der Waals surface area contributed by atoms with Crippen molar-refractivity contribution in [2.24, 2.45) is 0 Å². The molecule has 3 atom stereocenters. The number of methoxy groups -OCH3 is 2. The van der Waals surface area contributed by atoms with Crippen LogP contribution in [0.1, 0.15) is 38.3 Å². The molecular weight excluding hydrogens is 438 g/mol. The number of aromatic nitrogens is 2. The molecule has 0 N–H and O–H groups in total. The number of carbonyl (C=O) groups is 1. The van der Waals surface area contributed by atoms with Gasteiger partial charge in [0, 0.05) is 6.42 Å². The van der Waals surface area contributed by atoms with Gasteiger partial charge in [-0.2, -0.15) is 4.57 Å². The number of rotatable bonds is 6. The lowest BCUT2D eigenvalue weighted by Crippen LogP contribution is -2.44. The highest BCUT2D eigenvalue weighted by Gasteiger charge is 2.76. The molecule has 0 saturated carbocycles. The van der Waals surface area contributed by atoms with Crippen LogP contribution in [0.15, 0.2) is 47.3 Å². The number of hydrogen-bond donors (Lipinski definition) is 0. The second-order valence-electron chi connectivity index (χ2n) is 8.70. The van der Waals surface area contributed by atoms with E-state index in [0.717, 1.165) is 29.6 Å². The lowest BCUT2D eigenvalue weighted by Gasteiger charge is -2.29. The van der Waals surface area contributed by atoms with Crippen LogP contribution in [-0.2, 0) is 15.3 Å². The highest BCUT2D eigenvalue weighted by Crippen LogP contribution is 2.61. The summed E-state index contributed by atoms with van der Waals surface area (Å²) in [5, 5.41) is 0. The van der Waals surface area contributed by atoms with Crippen molar-refractivity contribution >= 4 is 17.1 Å². The first-order chi connectivity index (χ1) is 16.4. The van der Waals surface area contributed by atoms with Crippen LogP contribution in [0.3, 0.4) is 0 Å². The van der Waals surface area contributed by atoms with Crippen LogP contribution in [-0.4, -0.2) is 53.8 Å². The first-order valence-corrected chi connectivity index (χ1v) is 11.6. The van der Waals surface area contributed by atoms with Crippen molar-refractivity contribution in [3.05, 3.63) is 58.5 Å². The standard InChI is InChI=1S/C25H30N3O6/c1-5-28-14-13-18(16-25(28,34-28)17-11-12-21(31-3)22(15-17)32-4)26-19-9-7-8-10-20(19)27(23(26)29)24(30)33-6-2/h7-12,15,18H,5-6,13-14,16H2,1-4H3/q+1. The van der Waals surface area contributed by atoms with Gasteiger partial charge in [-0.05, 0) is 44.2 Å². The summed E-state index contributed by atoms with van der Waals surface area (Å²) in [5.41, 5.74) is 1.27. The van der Waals surface area contributed by atoms with E-state index in [1.165, 1.54) is 0 Å². The maximum atomic E-state index is 13.5. The summed E-state index contributed by atoms with van der Waals surface area (Å²) in [5.74, 6) is 1.29. The van der Waals surface area contributed by atoms with Crippen molar-refractivity contribution in [3.8, 4) is 11.5 Å². The first kappa shape index (κ1) is 22.5. The topological polar surface area (TPSA) is 84.2 Å². The minimum absolute atomic E-state index is 0.151. The molecule has 3 aromatic rings. The van der Waals surface area contributed by atoms with Gasteiger partial charge in [0.25, 0.3) is 0 Å². The number of quaternary nitrogens is 1. The number of para-hydroxylation sites is 2. The fourth-order valence-corrected chi connectivity index (χ4v) is 5.55. The van der Waals surface area contributed by atoms with E-state index < -0.39 is 11.8 Å². The van der Waals surface area contributed by atoms with Crippen LogP contribution in [0.2, 0.25) is 0 Å². The lowest BCUT2D eigenvalue weighted by molar-refractivity contribution is -0.934. The van der Waals surface area contributed by atoms with E-state index in [1.54, 1.807) is 31.8 Å². The second kappa shape index (κ2) is 8.18. The number of fused-ring (bicyclic) bond motifs is 2. The minimum atomic E-state index is -0.658. The maximum Gasteiger partial charge on any atom is 0.422 e. The van der Waals surface area contributed by atoms with Crippen LogP contribution < -0.4 is 15.2 Å². The molecule has 3 heterocycles. The lowest BCUT2D eigenvalue weighted by atomic mass is 9.90. The third-order valence-electron chi connectivity index (χ3n) is 7.23. The zero-order chi connectivity index (χ0) is 24.1. The fraction of sp³-hybridized carbons (Fsp3) is 0.440. The number of imidazole rings is 1. The molecule has 9 nitrogen and oxygen atoms in total. The zero-order valence-electron chi connectivity index (χ0n) is 19.9. The molecule has 2 saturated heterocycles. The van der Waals surface area contributed by atoms with Gasteiger partial charge >= 0.3 is 17.5 Å². The third kappa shape index (κ3) is 3.07. The molecule has 0 radical (unpaired) electrons. The molecule has 1 aromatic heterocycles. The Balaban J connectivity index is 1.60. The van der Waals surface area contributed by atoms with E-state index in [9.17, 15) is 9.59 Å². The number of hydrogen-bond acceptors (Lipinski definition) is 6. The Labute approximate surface area is 197 Å². The first-order valence-electron chi connectivity index (χ1n) is 11.6. The third-order valence-corrected chi connectivity index (χ3v) is 7.23. The van der Waals surface area contributed by atoms with Gasteiger partial charge in [-0.25, -0.2) is 9.59 Å². The van der Waals surface area contributed by atoms with E-state index in [0.29, 0.717) is 33.6 Å². The van der Waals surface area contributed by atoms with Gasteiger partial charge in [-0.1, -0.05) is 12.1 Å². The molecule has 2 fully saturated rings. The van der Waals surface area contributed by atoms with Crippen molar-refractivity contribution in [1.82, 2.24) is 9.13 Å². The normalized spacial score (nSPS) is 25.6. The quantitative estimate of drug-likeness (QED) is 0.404. The Bertz CT molecular complexity index is 1310. The number of hydroxylamine groups is 3. The summed E-state index contributed by atoms with van der Waals surface area (Å²) in [6.07, 6.45) is 0.682. The number of carbonyl (C=O) groups excluding carboxylic acids is 1. The fourth-order valence-electron chi connectivity index (χ4n) is 5.55. The van der Waals surface area contributed by atoms with Crippen molar-refractivity contribution in [3.63, 3.8) is 0 Å². The van der Waals surface area contributed by atoms with Gasteiger partial charge < -0.3 is 14.2 Å². The highest BCUT2D eigenvalue weighted by molar-refractivity contribution is 5.87. The molecule has 0 bridgehead atoms. The molecule has 2 aliphatic rings. The average Bonchev–Trinajstić information content (AvgIpc) is 3.46. The van der Waals surface area contributed by atoms with Gasteiger partial charge in [-0.3, -0.25) is 4.57 Å². The molecule has 0 amide bonds. The Morgan fingerprint density at radius 2 is 1.85 bits per heavy atom. The molecular formula is C25H30N3O6+. The van der Waals surface area contributed by atoms with Crippen molar-refractivity contribution in [1.29, 1.82) is 0 Å². The molecule has 34 heavy (non-hydrogen) atoms. The highest BCUT2D eigenvalue weighted by atomic mass is 16.9. The summed E-state index contributed by atoms with van der Waals surface area (Å²) in [6.45, 7) is 5.59. The number of ether oxygens (including phenoxy) is 3. The molecule has 9 heteroatoms. The number of piperidine rings is 1. The van der Waals surface area contributed by atoms with Gasteiger partial charge in [-0.15, -0.1) is 9.48 Å². The van der Waals surface area contributed by atoms with E-state index in [4.69, 9.17) is 19.0 Å². The van der Waals surface area contributed by atoms with E-state index in [1.807, 2.05) is 36.4 Å². The Hall–Kier alpha value is -3.30. The number of benzene rings is 2. The summed E-state index contributed by atoms with van der Waals surface area (Å²) in [7, 11) is 3.22. The predicted octanol–water partition coefficient (Wildman–Crippen LogP) is 3.79. The van der Waals surface area contributed by atoms with Crippen LogP contribution in [0.4, 0.5) is 4.79 Å². The van der Waals surface area contributed by atoms with Crippen molar-refractivity contribution in [2.75, 3.05) is 33.9 Å². The Morgan fingerprint density at radius 3 is 2.53 bits per heavy atom. The molecule has 5 rings (SSSR count). The zero-order valence-corrected chi connectivity index (χ0v) is 19.9. The maximum absolute atomic E-state index is 13.5. The molecule has 2 aliphatic heterocycles. The smallest absolute Gasteiger partial charge is 0.422 e. The van der Waals surface area contributed by atoms with Gasteiger partial charge in [0.2, 0.25) is 0 Å². The van der Waals surface area contributed by atoms with E-state index in [-0.39, 0.29) is 18.3 Å². The van der Waals surface area contributed by atoms with Gasteiger partial charge in [0.1, 0.15) is 13.1 Å². The van der Waals surface area contributed by atoms with Gasteiger partial charge in [0.15, 0.2) is 11.5 Å². The van der Waals surface area contributed by atoms with Crippen LogP contribution >= 0.6 is 0 Å². The van der Waals surface area contributed by atoms with Crippen LogP contribution in [0.5, 0.6) is 11.5 Å². The molecule has 180 valence electrons. The van der Waals surface area contributed by atoms with E-state index in [2.05, 4.69) is 6.92 Å². The average molecular weight is 469 g/mol. The second-order valence-corrected chi connectivity index (χ2v) is 8.70. The molecule has 0 spiro atoms. The molecule has 2 aromatic carbocycles. The van der Waals surface area contributed by atoms with Crippen molar-refractivity contribution in [2.45, 2.75) is 38.5 Å². The number of nitrogens with zero attached hydrogens (tertiary/aromatic N) is 3. The van der Waals surface area contributed by atoms with Crippen LogP contribution in [0.25, 0.3) is 11.0 Å². The summed E-state index contributed by atoms with van der Waals surface area (Å²) in [4.78, 5) is 32.7. The summed E-state index contributed by atoms with van der Waals surface area (Å²) >= 11 is 0. The summed E-state index contributed by atoms with van der Waals surface area (Å²) in [6, 6.07) is 13.0.